The molecule has 118 valence electrons. The molecule has 0 saturated carbocycles. The average molecular weight is 300 g/mol. The highest BCUT2D eigenvalue weighted by atomic mass is 16.2. The molecular weight excluding hydrogens is 276 g/mol. The normalized spacial score (nSPS) is 22.8. The minimum atomic E-state index is -0.00868. The molecule has 2 aliphatic rings. The molecule has 5 heteroatoms. The largest absolute Gasteiger partial charge is 0.303 e. The van der Waals surface area contributed by atoms with E-state index in [0.29, 0.717) is 6.54 Å². The summed E-state index contributed by atoms with van der Waals surface area (Å²) in [7, 11) is 0. The van der Waals surface area contributed by atoms with E-state index in [1.807, 2.05) is 30.5 Å². The van der Waals surface area contributed by atoms with E-state index in [4.69, 9.17) is 0 Å². The van der Waals surface area contributed by atoms with Crippen molar-refractivity contribution in [3.8, 4) is 0 Å². The zero-order valence-corrected chi connectivity index (χ0v) is 13.1. The second-order valence-electron chi connectivity index (χ2n) is 5.82. The molecule has 22 heavy (non-hydrogen) atoms. The van der Waals surface area contributed by atoms with E-state index in [0.717, 1.165) is 38.3 Å². The summed E-state index contributed by atoms with van der Waals surface area (Å²) in [4.78, 5) is 17.3. The number of benzene rings is 1. The fraction of sp³-hybridized carbons (Fsp3) is 0.471. The first kappa shape index (κ1) is 15.1. The topological polar surface area (TPSA) is 38.8 Å². The second kappa shape index (κ2) is 6.94. The van der Waals surface area contributed by atoms with Gasteiger partial charge in [-0.15, -0.1) is 0 Å². The molecule has 1 atom stereocenters. The maximum Gasteiger partial charge on any atom is 0.255 e. The van der Waals surface area contributed by atoms with Crippen LogP contribution in [0, 0.1) is 0 Å². The van der Waals surface area contributed by atoms with E-state index in [1.165, 1.54) is 0 Å². The Morgan fingerprint density at radius 1 is 1.14 bits per heavy atom. The number of carbonyl (C=O) groups excluding carboxylic acids is 1. The minimum Gasteiger partial charge on any atom is -0.303 e. The number of amides is 1. The lowest BCUT2D eigenvalue weighted by Crippen LogP contribution is -2.51. The van der Waals surface area contributed by atoms with Gasteiger partial charge in [-0.1, -0.05) is 37.3 Å². The van der Waals surface area contributed by atoms with E-state index < -0.39 is 0 Å². The number of nitrogens with zero attached hydrogens (tertiary/aromatic N) is 3. The number of piperazine rings is 1. The van der Waals surface area contributed by atoms with Crippen LogP contribution in [-0.2, 0) is 4.79 Å². The highest BCUT2D eigenvalue weighted by Gasteiger charge is 2.28. The van der Waals surface area contributed by atoms with Crippen molar-refractivity contribution in [2.24, 2.45) is 0 Å². The van der Waals surface area contributed by atoms with Gasteiger partial charge in [0.2, 0.25) is 0 Å². The smallest absolute Gasteiger partial charge is 0.255 e. The van der Waals surface area contributed by atoms with Crippen molar-refractivity contribution in [2.75, 3.05) is 39.3 Å². The van der Waals surface area contributed by atoms with Crippen molar-refractivity contribution < 1.29 is 4.79 Å². The molecule has 3 rings (SSSR count). The van der Waals surface area contributed by atoms with Crippen LogP contribution in [0.25, 0.3) is 0 Å². The van der Waals surface area contributed by atoms with E-state index >= 15 is 0 Å². The molecule has 1 amide bonds. The number of hydrogen-bond acceptors (Lipinski definition) is 4. The molecular formula is C17H24N4O. The van der Waals surface area contributed by atoms with Crippen molar-refractivity contribution in [1.29, 1.82) is 0 Å². The first-order valence-corrected chi connectivity index (χ1v) is 8.02. The lowest BCUT2D eigenvalue weighted by atomic mass is 10.1. The van der Waals surface area contributed by atoms with E-state index in [1.54, 1.807) is 5.01 Å². The number of hydrazine groups is 1. The first-order chi connectivity index (χ1) is 10.8. The van der Waals surface area contributed by atoms with Gasteiger partial charge in [-0.25, -0.2) is 5.01 Å². The monoisotopic (exact) mass is 300 g/mol. The Labute approximate surface area is 132 Å². The van der Waals surface area contributed by atoms with Gasteiger partial charge < -0.3 is 10.3 Å². The fourth-order valence-corrected chi connectivity index (χ4v) is 3.05. The maximum atomic E-state index is 12.6. The minimum absolute atomic E-state index is 0.00868. The number of nitrogens with one attached hydrogen (secondary N) is 1. The summed E-state index contributed by atoms with van der Waals surface area (Å²) >= 11 is 0. The van der Waals surface area contributed by atoms with Crippen LogP contribution in [0.5, 0.6) is 0 Å². The zero-order valence-electron chi connectivity index (χ0n) is 13.1. The first-order valence-electron chi connectivity index (χ1n) is 8.02. The second-order valence-corrected chi connectivity index (χ2v) is 5.82. The summed E-state index contributed by atoms with van der Waals surface area (Å²) in [5.41, 5.74) is 4.21. The van der Waals surface area contributed by atoms with Crippen molar-refractivity contribution in [1.82, 2.24) is 20.2 Å². The van der Waals surface area contributed by atoms with Crippen LogP contribution in [-0.4, -0.2) is 60.0 Å². The number of carbonyl (C=O) groups is 1. The summed E-state index contributed by atoms with van der Waals surface area (Å²) in [6, 6.07) is 10.1. The van der Waals surface area contributed by atoms with Gasteiger partial charge in [0.05, 0.1) is 12.6 Å². The lowest BCUT2D eigenvalue weighted by Gasteiger charge is -2.35. The Morgan fingerprint density at radius 3 is 2.50 bits per heavy atom. The molecule has 5 nitrogen and oxygen atoms in total. The molecule has 1 saturated heterocycles. The van der Waals surface area contributed by atoms with Crippen molar-refractivity contribution >= 4 is 5.91 Å². The van der Waals surface area contributed by atoms with Crippen LogP contribution in [0.3, 0.4) is 0 Å². The molecule has 0 radical (unpaired) electrons. The van der Waals surface area contributed by atoms with Crippen LogP contribution in [0.2, 0.25) is 0 Å². The Balaban J connectivity index is 1.58. The predicted molar refractivity (Wildman–Crippen MR) is 86.9 cm³/mol. The third-order valence-corrected chi connectivity index (χ3v) is 4.45. The van der Waals surface area contributed by atoms with Gasteiger partial charge in [0.1, 0.15) is 0 Å². The van der Waals surface area contributed by atoms with E-state index in [-0.39, 0.29) is 11.9 Å². The van der Waals surface area contributed by atoms with Crippen LogP contribution in [0.1, 0.15) is 18.5 Å². The predicted octanol–water partition coefficient (Wildman–Crippen LogP) is 1.23. The van der Waals surface area contributed by atoms with E-state index in [9.17, 15) is 4.79 Å². The number of rotatable bonds is 4. The van der Waals surface area contributed by atoms with Gasteiger partial charge in [0.15, 0.2) is 0 Å². The third kappa shape index (κ3) is 3.31. The molecule has 0 bridgehead atoms. The molecule has 0 aromatic heterocycles. The molecule has 2 heterocycles. The summed E-state index contributed by atoms with van der Waals surface area (Å²) in [6.07, 6.45) is 3.88. The summed E-state index contributed by atoms with van der Waals surface area (Å²) in [5.74, 6) is 0.129. The zero-order chi connectivity index (χ0) is 15.4. The van der Waals surface area contributed by atoms with E-state index in [2.05, 4.69) is 34.3 Å². The van der Waals surface area contributed by atoms with Gasteiger partial charge in [0.25, 0.3) is 5.91 Å². The number of hydrogen-bond donors (Lipinski definition) is 1. The van der Waals surface area contributed by atoms with Gasteiger partial charge in [-0.05, 0) is 18.2 Å². The highest BCUT2D eigenvalue weighted by Crippen LogP contribution is 2.24. The van der Waals surface area contributed by atoms with Gasteiger partial charge in [-0.3, -0.25) is 9.69 Å². The van der Waals surface area contributed by atoms with Gasteiger partial charge in [0, 0.05) is 32.4 Å². The highest BCUT2D eigenvalue weighted by molar-refractivity contribution is 5.79. The van der Waals surface area contributed by atoms with Gasteiger partial charge >= 0.3 is 0 Å². The Morgan fingerprint density at radius 2 is 1.82 bits per heavy atom. The molecule has 0 unspecified atom stereocenters. The Hall–Kier alpha value is -1.85. The molecule has 0 aliphatic carbocycles. The average Bonchev–Trinajstić information content (AvgIpc) is 3.06. The fourth-order valence-electron chi connectivity index (χ4n) is 3.05. The molecule has 1 fully saturated rings. The van der Waals surface area contributed by atoms with Crippen LogP contribution >= 0.6 is 0 Å². The van der Waals surface area contributed by atoms with Crippen LogP contribution < -0.4 is 5.43 Å². The van der Waals surface area contributed by atoms with Gasteiger partial charge in [-0.2, -0.15) is 0 Å². The summed E-state index contributed by atoms with van der Waals surface area (Å²) in [6.45, 7) is 7.80. The molecule has 1 aromatic carbocycles. The van der Waals surface area contributed by atoms with Crippen LogP contribution in [0.15, 0.2) is 42.6 Å². The molecule has 2 aliphatic heterocycles. The molecule has 1 aromatic rings. The van der Waals surface area contributed by atoms with Crippen molar-refractivity contribution in [3.63, 3.8) is 0 Å². The lowest BCUT2D eigenvalue weighted by molar-refractivity contribution is -0.136. The Kier molecular flexibility index (Phi) is 4.75. The summed E-state index contributed by atoms with van der Waals surface area (Å²) < 4.78 is 0. The molecule has 0 spiro atoms. The number of likely N-dealkylation sites (N-methyl/N-ethyl adjacent to an activating group) is 1. The SMILES string of the molecule is CCN1CCN(CC(=O)N2NC=C[C@H]2c2ccccc2)CC1. The third-order valence-electron chi connectivity index (χ3n) is 4.45. The van der Waals surface area contributed by atoms with Crippen LogP contribution in [0.4, 0.5) is 0 Å². The van der Waals surface area contributed by atoms with Crippen molar-refractivity contribution in [2.45, 2.75) is 13.0 Å². The molecule has 1 N–H and O–H groups in total. The quantitative estimate of drug-likeness (QED) is 0.908. The standard InChI is InChI=1S/C17H24N4O/c1-2-19-10-12-20(13-11-19)14-17(22)21-16(8-9-18-21)15-6-4-3-5-7-15/h3-9,16,18H,2,10-14H2,1H3/t16-/m0/s1. The Bertz CT molecular complexity index is 523. The van der Waals surface area contributed by atoms with Crippen molar-refractivity contribution in [3.05, 3.63) is 48.2 Å². The summed E-state index contributed by atoms with van der Waals surface area (Å²) in [5, 5.41) is 1.74. The maximum absolute atomic E-state index is 12.6.